The van der Waals surface area contributed by atoms with Gasteiger partial charge < -0.3 is 10.2 Å². The molecule has 0 spiro atoms. The average Bonchev–Trinajstić information content (AvgIpc) is 2.63. The fraction of sp³-hybridized carbons (Fsp3) is 0.625. The summed E-state index contributed by atoms with van der Waals surface area (Å²) >= 11 is 0. The molecule has 98 valence electrons. The molecule has 3 rings (SSSR count). The molecule has 0 aromatic heterocycles. The molecule has 0 saturated carbocycles. The molecule has 2 aliphatic rings. The van der Waals surface area contributed by atoms with Crippen LogP contribution in [-0.2, 0) is 13.0 Å². The maximum Gasteiger partial charge on any atom is 0.0417 e. The highest BCUT2D eigenvalue weighted by Crippen LogP contribution is 2.30. The van der Waals surface area contributed by atoms with E-state index in [1.165, 1.54) is 44.3 Å². The van der Waals surface area contributed by atoms with E-state index in [2.05, 4.69) is 35.3 Å². The number of anilines is 1. The third-order valence-corrected chi connectivity index (χ3v) is 4.48. The number of nitrogens with one attached hydrogen (secondary N) is 1. The van der Waals surface area contributed by atoms with Crippen LogP contribution in [0.25, 0.3) is 0 Å². The van der Waals surface area contributed by atoms with Gasteiger partial charge >= 0.3 is 0 Å². The van der Waals surface area contributed by atoms with Crippen LogP contribution in [0.2, 0.25) is 0 Å². The lowest BCUT2D eigenvalue weighted by Gasteiger charge is -2.33. The van der Waals surface area contributed by atoms with E-state index in [0.29, 0.717) is 6.04 Å². The zero-order valence-electron chi connectivity index (χ0n) is 11.4. The predicted octanol–water partition coefficient (Wildman–Crippen LogP) is 3.10. The first kappa shape index (κ1) is 12.0. The molecule has 1 atom stereocenters. The standard InChI is InChI=1S/C16H24N2/c1-13-6-3-2-4-11-18(13)16-8-5-7-14-9-10-17-12-15(14)16/h5,7-8,13,17H,2-4,6,9-12H2,1H3. The number of rotatable bonds is 1. The monoisotopic (exact) mass is 244 g/mol. The minimum absolute atomic E-state index is 0.695. The van der Waals surface area contributed by atoms with Gasteiger partial charge in [0.25, 0.3) is 0 Å². The molecule has 1 unspecified atom stereocenters. The summed E-state index contributed by atoms with van der Waals surface area (Å²) in [5, 5.41) is 3.52. The van der Waals surface area contributed by atoms with Gasteiger partial charge in [-0.3, -0.25) is 0 Å². The summed E-state index contributed by atoms with van der Waals surface area (Å²) in [6.07, 6.45) is 6.67. The Labute approximate surface area is 110 Å². The highest BCUT2D eigenvalue weighted by Gasteiger charge is 2.21. The third-order valence-electron chi connectivity index (χ3n) is 4.48. The number of nitrogens with zero attached hydrogens (tertiary/aromatic N) is 1. The van der Waals surface area contributed by atoms with Gasteiger partial charge in [0, 0.05) is 24.8 Å². The first-order valence-electron chi connectivity index (χ1n) is 7.44. The summed E-state index contributed by atoms with van der Waals surface area (Å²) in [5.41, 5.74) is 4.61. The minimum atomic E-state index is 0.695. The second-order valence-corrected chi connectivity index (χ2v) is 5.73. The number of hydrogen-bond donors (Lipinski definition) is 1. The predicted molar refractivity (Wildman–Crippen MR) is 77.1 cm³/mol. The summed E-state index contributed by atoms with van der Waals surface area (Å²) < 4.78 is 0. The normalized spacial score (nSPS) is 24.5. The van der Waals surface area contributed by atoms with E-state index in [-0.39, 0.29) is 0 Å². The quantitative estimate of drug-likeness (QED) is 0.816. The van der Waals surface area contributed by atoms with Crippen molar-refractivity contribution in [1.82, 2.24) is 5.32 Å². The number of hydrogen-bond acceptors (Lipinski definition) is 2. The Kier molecular flexibility index (Phi) is 3.55. The van der Waals surface area contributed by atoms with Crippen LogP contribution in [0.1, 0.15) is 43.7 Å². The van der Waals surface area contributed by atoms with Gasteiger partial charge in [0.15, 0.2) is 0 Å². The summed E-state index contributed by atoms with van der Waals surface area (Å²) in [6, 6.07) is 7.58. The first-order valence-corrected chi connectivity index (χ1v) is 7.44. The molecular weight excluding hydrogens is 220 g/mol. The van der Waals surface area contributed by atoms with E-state index in [1.807, 2.05) is 0 Å². The van der Waals surface area contributed by atoms with Gasteiger partial charge in [-0.25, -0.2) is 0 Å². The van der Waals surface area contributed by atoms with E-state index < -0.39 is 0 Å². The Hall–Kier alpha value is -1.02. The zero-order chi connectivity index (χ0) is 12.4. The first-order chi connectivity index (χ1) is 8.86. The molecule has 1 aromatic carbocycles. The number of fused-ring (bicyclic) bond motifs is 1. The van der Waals surface area contributed by atoms with Crippen molar-refractivity contribution in [2.24, 2.45) is 0 Å². The fourth-order valence-electron chi connectivity index (χ4n) is 3.40. The largest absolute Gasteiger partial charge is 0.369 e. The molecule has 1 N–H and O–H groups in total. The molecule has 2 nitrogen and oxygen atoms in total. The van der Waals surface area contributed by atoms with E-state index >= 15 is 0 Å². The Balaban J connectivity index is 1.94. The zero-order valence-corrected chi connectivity index (χ0v) is 11.4. The van der Waals surface area contributed by atoms with E-state index in [1.54, 1.807) is 11.1 Å². The van der Waals surface area contributed by atoms with Crippen molar-refractivity contribution in [1.29, 1.82) is 0 Å². The van der Waals surface area contributed by atoms with Crippen molar-refractivity contribution in [3.05, 3.63) is 29.3 Å². The second kappa shape index (κ2) is 5.31. The lowest BCUT2D eigenvalue weighted by atomic mass is 9.98. The molecule has 2 heterocycles. The van der Waals surface area contributed by atoms with Crippen molar-refractivity contribution in [2.75, 3.05) is 18.0 Å². The molecular formula is C16H24N2. The molecule has 2 heteroatoms. The van der Waals surface area contributed by atoms with Crippen LogP contribution in [0.15, 0.2) is 18.2 Å². The minimum Gasteiger partial charge on any atom is -0.369 e. The van der Waals surface area contributed by atoms with Crippen molar-refractivity contribution in [2.45, 2.75) is 51.6 Å². The molecule has 1 saturated heterocycles. The van der Waals surface area contributed by atoms with Gasteiger partial charge in [0.1, 0.15) is 0 Å². The second-order valence-electron chi connectivity index (χ2n) is 5.73. The SMILES string of the molecule is CC1CCCCCN1c1cccc2c1CNCC2. The molecule has 0 amide bonds. The van der Waals surface area contributed by atoms with E-state index in [9.17, 15) is 0 Å². The summed E-state index contributed by atoms with van der Waals surface area (Å²) in [5.74, 6) is 0. The topological polar surface area (TPSA) is 15.3 Å². The molecule has 18 heavy (non-hydrogen) atoms. The third kappa shape index (κ3) is 2.26. The molecule has 0 bridgehead atoms. The summed E-state index contributed by atoms with van der Waals surface area (Å²) in [4.78, 5) is 2.65. The van der Waals surface area contributed by atoms with Crippen LogP contribution < -0.4 is 10.2 Å². The Bertz CT molecular complexity index is 414. The molecule has 1 fully saturated rings. The molecule has 1 aromatic rings. The van der Waals surface area contributed by atoms with E-state index in [0.717, 1.165) is 13.1 Å². The summed E-state index contributed by atoms with van der Waals surface area (Å²) in [7, 11) is 0. The Morgan fingerprint density at radius 3 is 3.11 bits per heavy atom. The van der Waals surface area contributed by atoms with Crippen LogP contribution >= 0.6 is 0 Å². The van der Waals surface area contributed by atoms with Crippen LogP contribution in [0.4, 0.5) is 5.69 Å². The molecule has 0 radical (unpaired) electrons. The van der Waals surface area contributed by atoms with Crippen molar-refractivity contribution < 1.29 is 0 Å². The Morgan fingerprint density at radius 1 is 1.22 bits per heavy atom. The van der Waals surface area contributed by atoms with Gasteiger partial charge in [-0.2, -0.15) is 0 Å². The highest BCUT2D eigenvalue weighted by molar-refractivity contribution is 5.58. The van der Waals surface area contributed by atoms with Crippen LogP contribution in [-0.4, -0.2) is 19.1 Å². The van der Waals surface area contributed by atoms with Gasteiger partial charge in [0.2, 0.25) is 0 Å². The molecule has 2 aliphatic heterocycles. The fourth-order valence-corrected chi connectivity index (χ4v) is 3.40. The van der Waals surface area contributed by atoms with Gasteiger partial charge in [-0.15, -0.1) is 0 Å². The highest BCUT2D eigenvalue weighted by atomic mass is 15.2. The van der Waals surface area contributed by atoms with Gasteiger partial charge in [-0.05, 0) is 49.9 Å². The maximum absolute atomic E-state index is 3.52. The van der Waals surface area contributed by atoms with Crippen molar-refractivity contribution >= 4 is 5.69 Å². The smallest absolute Gasteiger partial charge is 0.0417 e. The summed E-state index contributed by atoms with van der Waals surface area (Å²) in [6.45, 7) is 5.80. The maximum atomic E-state index is 3.52. The Morgan fingerprint density at radius 2 is 2.17 bits per heavy atom. The lowest BCUT2D eigenvalue weighted by Crippen LogP contribution is -2.35. The number of benzene rings is 1. The van der Waals surface area contributed by atoms with E-state index in [4.69, 9.17) is 0 Å². The van der Waals surface area contributed by atoms with Crippen LogP contribution in [0, 0.1) is 0 Å². The van der Waals surface area contributed by atoms with Gasteiger partial charge in [0.05, 0.1) is 0 Å². The lowest BCUT2D eigenvalue weighted by molar-refractivity contribution is 0.602. The van der Waals surface area contributed by atoms with Gasteiger partial charge in [-0.1, -0.05) is 25.0 Å². The molecule has 0 aliphatic carbocycles. The average molecular weight is 244 g/mol. The van der Waals surface area contributed by atoms with Crippen molar-refractivity contribution in [3.63, 3.8) is 0 Å². The van der Waals surface area contributed by atoms with Crippen LogP contribution in [0.3, 0.4) is 0 Å². The van der Waals surface area contributed by atoms with Crippen LogP contribution in [0.5, 0.6) is 0 Å². The van der Waals surface area contributed by atoms with Crippen molar-refractivity contribution in [3.8, 4) is 0 Å².